The standard InChI is InChI=1S/C28H34F2N4O3/c1-17(31-26(37)24(35)19-12-20(29)14-21(30)13-19)25(36)32-23-15-22(33-34(23)27(2,3)4)28(5,6)16-18-10-8-7-9-11-18/h7-15,17,24,35H,16H2,1-6H3,(H,31,37)(H,32,36). The summed E-state index contributed by atoms with van der Waals surface area (Å²) in [5, 5.41) is 20.3. The van der Waals surface area contributed by atoms with Gasteiger partial charge in [0.05, 0.1) is 11.2 Å². The van der Waals surface area contributed by atoms with Crippen LogP contribution in [0.3, 0.4) is 0 Å². The summed E-state index contributed by atoms with van der Waals surface area (Å²) in [6.45, 7) is 11.5. The third kappa shape index (κ3) is 7.01. The summed E-state index contributed by atoms with van der Waals surface area (Å²) < 4.78 is 28.7. The Morgan fingerprint density at radius 3 is 2.14 bits per heavy atom. The minimum absolute atomic E-state index is 0.251. The van der Waals surface area contributed by atoms with Crippen LogP contribution < -0.4 is 10.6 Å². The summed E-state index contributed by atoms with van der Waals surface area (Å²) in [6, 6.07) is 13.2. The Morgan fingerprint density at radius 1 is 0.973 bits per heavy atom. The van der Waals surface area contributed by atoms with E-state index in [9.17, 15) is 23.5 Å². The van der Waals surface area contributed by atoms with Gasteiger partial charge in [0.1, 0.15) is 23.5 Å². The lowest BCUT2D eigenvalue weighted by Crippen LogP contribution is -2.44. The highest BCUT2D eigenvalue weighted by Crippen LogP contribution is 2.31. The van der Waals surface area contributed by atoms with E-state index in [-0.39, 0.29) is 11.0 Å². The number of halogens is 2. The maximum Gasteiger partial charge on any atom is 0.254 e. The van der Waals surface area contributed by atoms with Crippen molar-refractivity contribution in [3.8, 4) is 0 Å². The number of nitrogens with zero attached hydrogens (tertiary/aromatic N) is 2. The second-order valence-corrected chi connectivity index (χ2v) is 10.9. The predicted molar refractivity (Wildman–Crippen MR) is 138 cm³/mol. The van der Waals surface area contributed by atoms with Gasteiger partial charge in [0.25, 0.3) is 5.91 Å². The Bertz CT molecular complexity index is 1250. The predicted octanol–water partition coefficient (Wildman–Crippen LogP) is 4.61. The van der Waals surface area contributed by atoms with Crippen molar-refractivity contribution in [3.05, 3.63) is 83.1 Å². The lowest BCUT2D eigenvalue weighted by Gasteiger charge is -2.25. The average Bonchev–Trinajstić information content (AvgIpc) is 3.23. The quantitative estimate of drug-likeness (QED) is 0.411. The highest BCUT2D eigenvalue weighted by atomic mass is 19.1. The second-order valence-electron chi connectivity index (χ2n) is 10.9. The van der Waals surface area contributed by atoms with Gasteiger partial charge in [0.2, 0.25) is 5.91 Å². The van der Waals surface area contributed by atoms with Crippen molar-refractivity contribution in [1.29, 1.82) is 0 Å². The number of carbonyl (C=O) groups excluding carboxylic acids is 2. The Morgan fingerprint density at radius 2 is 1.57 bits per heavy atom. The average molecular weight is 513 g/mol. The zero-order chi connectivity index (χ0) is 27.5. The molecular formula is C28H34F2N4O3. The third-order valence-corrected chi connectivity index (χ3v) is 5.98. The molecule has 0 aliphatic carbocycles. The molecule has 3 aromatic rings. The maximum atomic E-state index is 13.5. The molecule has 0 saturated heterocycles. The number of aromatic nitrogens is 2. The van der Waals surface area contributed by atoms with Gasteiger partial charge in [-0.15, -0.1) is 0 Å². The molecule has 2 atom stereocenters. The van der Waals surface area contributed by atoms with E-state index in [0.717, 1.165) is 29.8 Å². The van der Waals surface area contributed by atoms with E-state index in [2.05, 4.69) is 36.6 Å². The fourth-order valence-electron chi connectivity index (χ4n) is 3.99. The maximum absolute atomic E-state index is 13.5. The zero-order valence-corrected chi connectivity index (χ0v) is 22.0. The molecule has 1 heterocycles. The number of aliphatic hydroxyl groups is 1. The smallest absolute Gasteiger partial charge is 0.254 e. The number of hydrogen-bond acceptors (Lipinski definition) is 4. The van der Waals surface area contributed by atoms with Crippen LogP contribution in [0, 0.1) is 11.6 Å². The normalized spacial score (nSPS) is 13.6. The van der Waals surface area contributed by atoms with Gasteiger partial charge in [-0.2, -0.15) is 5.10 Å². The molecule has 37 heavy (non-hydrogen) atoms. The molecule has 0 radical (unpaired) electrons. The van der Waals surface area contributed by atoms with Crippen molar-refractivity contribution in [2.45, 2.75) is 71.1 Å². The topological polar surface area (TPSA) is 96.2 Å². The number of hydrogen-bond donors (Lipinski definition) is 3. The van der Waals surface area contributed by atoms with Crippen molar-refractivity contribution in [2.24, 2.45) is 0 Å². The number of carbonyl (C=O) groups is 2. The molecule has 0 fully saturated rings. The molecule has 198 valence electrons. The number of anilines is 1. The van der Waals surface area contributed by atoms with E-state index in [1.807, 2.05) is 45.0 Å². The van der Waals surface area contributed by atoms with Gasteiger partial charge < -0.3 is 15.7 Å². The van der Waals surface area contributed by atoms with Crippen LogP contribution >= 0.6 is 0 Å². The summed E-state index contributed by atoms with van der Waals surface area (Å²) in [6.07, 6.45) is -1.10. The van der Waals surface area contributed by atoms with Crippen molar-refractivity contribution in [2.75, 3.05) is 5.32 Å². The van der Waals surface area contributed by atoms with E-state index in [1.54, 1.807) is 4.68 Å². The van der Waals surface area contributed by atoms with E-state index < -0.39 is 41.1 Å². The van der Waals surface area contributed by atoms with Crippen LogP contribution in [-0.4, -0.2) is 32.7 Å². The van der Waals surface area contributed by atoms with Gasteiger partial charge in [-0.25, -0.2) is 13.5 Å². The first kappa shape index (κ1) is 28.0. The second kappa shape index (κ2) is 10.8. The SMILES string of the molecule is CC(NC(=O)C(O)c1cc(F)cc(F)c1)C(=O)Nc1cc(C(C)(C)Cc2ccccc2)nn1C(C)(C)C. The Hall–Kier alpha value is -3.59. The van der Waals surface area contributed by atoms with Crippen LogP contribution in [0.15, 0.2) is 54.6 Å². The largest absolute Gasteiger partial charge is 0.378 e. The van der Waals surface area contributed by atoms with Crippen LogP contribution in [0.5, 0.6) is 0 Å². The first-order chi connectivity index (χ1) is 17.2. The molecule has 3 rings (SSSR count). The number of nitrogens with one attached hydrogen (secondary N) is 2. The Labute approximate surface area is 215 Å². The Balaban J connectivity index is 1.76. The lowest BCUT2D eigenvalue weighted by molar-refractivity contribution is -0.132. The van der Waals surface area contributed by atoms with Crippen LogP contribution in [0.25, 0.3) is 0 Å². The van der Waals surface area contributed by atoms with Crippen LogP contribution in [0.1, 0.15) is 64.5 Å². The molecule has 3 N–H and O–H groups in total. The van der Waals surface area contributed by atoms with Gasteiger partial charge in [0, 0.05) is 17.5 Å². The van der Waals surface area contributed by atoms with E-state index in [0.29, 0.717) is 11.9 Å². The molecule has 9 heteroatoms. The monoisotopic (exact) mass is 512 g/mol. The van der Waals surface area contributed by atoms with Gasteiger partial charge in [-0.3, -0.25) is 9.59 Å². The molecular weight excluding hydrogens is 478 g/mol. The summed E-state index contributed by atoms with van der Waals surface area (Å²) in [7, 11) is 0. The molecule has 7 nitrogen and oxygen atoms in total. The van der Waals surface area contributed by atoms with Crippen molar-refractivity contribution in [3.63, 3.8) is 0 Å². The van der Waals surface area contributed by atoms with E-state index in [4.69, 9.17) is 5.10 Å². The van der Waals surface area contributed by atoms with E-state index >= 15 is 0 Å². The van der Waals surface area contributed by atoms with E-state index in [1.165, 1.54) is 6.92 Å². The van der Waals surface area contributed by atoms with Gasteiger partial charge in [0.15, 0.2) is 6.10 Å². The number of rotatable bonds is 8. The lowest BCUT2D eigenvalue weighted by atomic mass is 9.83. The van der Waals surface area contributed by atoms with Crippen LogP contribution in [-0.2, 0) is 27.0 Å². The van der Waals surface area contributed by atoms with Gasteiger partial charge in [-0.1, -0.05) is 44.2 Å². The van der Waals surface area contributed by atoms with Crippen molar-refractivity contribution in [1.82, 2.24) is 15.1 Å². The summed E-state index contributed by atoms with van der Waals surface area (Å²) in [5.74, 6) is -2.88. The molecule has 0 aliphatic rings. The number of benzene rings is 2. The number of aliphatic hydroxyl groups excluding tert-OH is 1. The van der Waals surface area contributed by atoms with Crippen LogP contribution in [0.2, 0.25) is 0 Å². The highest BCUT2D eigenvalue weighted by molar-refractivity contribution is 5.97. The minimum Gasteiger partial charge on any atom is -0.378 e. The Kier molecular flexibility index (Phi) is 8.17. The molecule has 0 spiro atoms. The molecule has 1 aromatic heterocycles. The fraction of sp³-hybridized carbons (Fsp3) is 0.393. The minimum atomic E-state index is -1.84. The van der Waals surface area contributed by atoms with Crippen LogP contribution in [0.4, 0.5) is 14.6 Å². The number of amides is 2. The molecule has 2 unspecified atom stereocenters. The molecule has 0 saturated carbocycles. The molecule has 2 amide bonds. The fourth-order valence-corrected chi connectivity index (χ4v) is 3.99. The van der Waals surface area contributed by atoms with Crippen molar-refractivity contribution < 1.29 is 23.5 Å². The summed E-state index contributed by atoms with van der Waals surface area (Å²) >= 11 is 0. The third-order valence-electron chi connectivity index (χ3n) is 5.98. The highest BCUT2D eigenvalue weighted by Gasteiger charge is 2.30. The van der Waals surface area contributed by atoms with Crippen molar-refractivity contribution >= 4 is 17.6 Å². The summed E-state index contributed by atoms with van der Waals surface area (Å²) in [4.78, 5) is 25.4. The first-order valence-corrected chi connectivity index (χ1v) is 12.1. The molecule has 0 aliphatic heterocycles. The molecule has 0 bridgehead atoms. The van der Waals surface area contributed by atoms with Gasteiger partial charge >= 0.3 is 0 Å². The molecule has 2 aromatic carbocycles. The van der Waals surface area contributed by atoms with Gasteiger partial charge in [-0.05, 0) is 57.4 Å². The summed E-state index contributed by atoms with van der Waals surface area (Å²) in [5.41, 5.74) is 0.923. The zero-order valence-electron chi connectivity index (χ0n) is 22.0. The first-order valence-electron chi connectivity index (χ1n) is 12.1.